The smallest absolute Gasteiger partial charge is 0.0853 e. The van der Waals surface area contributed by atoms with Gasteiger partial charge in [0.25, 0.3) is 0 Å². The van der Waals surface area contributed by atoms with Crippen LogP contribution in [0.3, 0.4) is 0 Å². The van der Waals surface area contributed by atoms with E-state index in [0.717, 1.165) is 18.8 Å². The molecular weight excluding hydrogens is 200 g/mol. The summed E-state index contributed by atoms with van der Waals surface area (Å²) in [6.07, 6.45) is 8.40. The molecule has 1 aliphatic heterocycles. The van der Waals surface area contributed by atoms with Crippen molar-refractivity contribution in [2.24, 2.45) is 0 Å². The molecule has 0 bridgehead atoms. The Morgan fingerprint density at radius 2 is 1.81 bits per heavy atom. The quantitative estimate of drug-likeness (QED) is 0.831. The van der Waals surface area contributed by atoms with Crippen LogP contribution in [-0.4, -0.2) is 23.2 Å². The summed E-state index contributed by atoms with van der Waals surface area (Å²) >= 11 is 0. The fourth-order valence-electron chi connectivity index (χ4n) is 2.25. The van der Waals surface area contributed by atoms with Gasteiger partial charge in [-0.15, -0.1) is 0 Å². The first kappa shape index (κ1) is 11.4. The molecule has 1 aliphatic rings. The molecule has 3 nitrogen and oxygen atoms in total. The van der Waals surface area contributed by atoms with Gasteiger partial charge in [-0.2, -0.15) is 0 Å². The number of nitrogens with zero attached hydrogens (tertiary/aromatic N) is 2. The molecule has 2 heterocycles. The predicted octanol–water partition coefficient (Wildman–Crippen LogP) is 2.34. The van der Waals surface area contributed by atoms with Gasteiger partial charge in [0.05, 0.1) is 12.3 Å². The molecule has 1 aromatic rings. The molecule has 1 aromatic heterocycles. The SMILES string of the molecule is OCc1cc(N2CCCCCCC2)ccn1. The number of hydrogen-bond acceptors (Lipinski definition) is 3. The van der Waals surface area contributed by atoms with Crippen LogP contribution in [0.5, 0.6) is 0 Å². The third-order valence-corrected chi connectivity index (χ3v) is 3.18. The molecule has 0 amide bonds. The van der Waals surface area contributed by atoms with Crippen LogP contribution in [0.1, 0.15) is 37.8 Å². The second-order valence-electron chi connectivity index (χ2n) is 4.42. The first-order valence-electron chi connectivity index (χ1n) is 6.21. The van der Waals surface area contributed by atoms with Crippen molar-refractivity contribution in [3.8, 4) is 0 Å². The maximum Gasteiger partial charge on any atom is 0.0853 e. The Balaban J connectivity index is 2.07. The fourth-order valence-corrected chi connectivity index (χ4v) is 2.25. The molecule has 0 unspecified atom stereocenters. The highest BCUT2D eigenvalue weighted by Gasteiger charge is 2.09. The molecule has 0 saturated carbocycles. The lowest BCUT2D eigenvalue weighted by Crippen LogP contribution is -2.27. The van der Waals surface area contributed by atoms with Crippen molar-refractivity contribution in [3.05, 3.63) is 24.0 Å². The molecule has 0 aliphatic carbocycles. The Hall–Kier alpha value is -1.09. The van der Waals surface area contributed by atoms with Gasteiger partial charge in [0, 0.05) is 25.0 Å². The molecule has 88 valence electrons. The second-order valence-corrected chi connectivity index (χ2v) is 4.42. The first-order valence-corrected chi connectivity index (χ1v) is 6.21. The van der Waals surface area contributed by atoms with E-state index in [2.05, 4.69) is 9.88 Å². The number of aliphatic hydroxyl groups excluding tert-OH is 1. The highest BCUT2D eigenvalue weighted by atomic mass is 16.3. The van der Waals surface area contributed by atoms with Gasteiger partial charge in [-0.25, -0.2) is 0 Å². The molecular formula is C13H20N2O. The van der Waals surface area contributed by atoms with Crippen LogP contribution in [0.2, 0.25) is 0 Å². The van der Waals surface area contributed by atoms with Crippen LogP contribution < -0.4 is 4.90 Å². The minimum absolute atomic E-state index is 0.0294. The summed E-state index contributed by atoms with van der Waals surface area (Å²) in [6.45, 7) is 2.30. The van der Waals surface area contributed by atoms with Gasteiger partial charge in [-0.3, -0.25) is 4.98 Å². The molecule has 1 N–H and O–H groups in total. The average molecular weight is 220 g/mol. The van der Waals surface area contributed by atoms with Gasteiger partial charge in [-0.05, 0) is 25.0 Å². The van der Waals surface area contributed by atoms with Crippen molar-refractivity contribution in [2.75, 3.05) is 18.0 Å². The number of anilines is 1. The zero-order chi connectivity index (χ0) is 11.2. The third-order valence-electron chi connectivity index (χ3n) is 3.18. The number of pyridine rings is 1. The summed E-state index contributed by atoms with van der Waals surface area (Å²) in [7, 11) is 0. The highest BCUT2D eigenvalue weighted by Crippen LogP contribution is 2.19. The van der Waals surface area contributed by atoms with Crippen molar-refractivity contribution in [3.63, 3.8) is 0 Å². The van der Waals surface area contributed by atoms with Gasteiger partial charge in [0.15, 0.2) is 0 Å². The summed E-state index contributed by atoms with van der Waals surface area (Å²) in [5, 5.41) is 9.08. The van der Waals surface area contributed by atoms with Crippen molar-refractivity contribution < 1.29 is 5.11 Å². The van der Waals surface area contributed by atoms with E-state index >= 15 is 0 Å². The summed E-state index contributed by atoms with van der Waals surface area (Å²) in [6, 6.07) is 4.04. The van der Waals surface area contributed by atoms with E-state index in [1.807, 2.05) is 12.1 Å². The Morgan fingerprint density at radius 1 is 1.12 bits per heavy atom. The van der Waals surface area contributed by atoms with Crippen LogP contribution in [0.15, 0.2) is 18.3 Å². The van der Waals surface area contributed by atoms with E-state index in [-0.39, 0.29) is 6.61 Å². The van der Waals surface area contributed by atoms with Gasteiger partial charge in [0.2, 0.25) is 0 Å². The predicted molar refractivity (Wildman–Crippen MR) is 65.5 cm³/mol. The van der Waals surface area contributed by atoms with E-state index in [9.17, 15) is 0 Å². The second kappa shape index (κ2) is 5.85. The van der Waals surface area contributed by atoms with Gasteiger partial charge < -0.3 is 10.0 Å². The van der Waals surface area contributed by atoms with Crippen LogP contribution in [0.4, 0.5) is 5.69 Å². The summed E-state index contributed by atoms with van der Waals surface area (Å²) < 4.78 is 0. The lowest BCUT2D eigenvalue weighted by atomic mass is 10.1. The van der Waals surface area contributed by atoms with Gasteiger partial charge in [-0.1, -0.05) is 19.3 Å². The standard InChI is InChI=1S/C13H20N2O/c16-11-12-10-13(6-7-14-12)15-8-4-2-1-3-5-9-15/h6-7,10,16H,1-5,8-9,11H2. The number of hydrogen-bond donors (Lipinski definition) is 1. The molecule has 16 heavy (non-hydrogen) atoms. The topological polar surface area (TPSA) is 36.4 Å². The van der Waals surface area contributed by atoms with E-state index in [1.54, 1.807) is 6.20 Å². The average Bonchev–Trinajstić information content (AvgIpc) is 2.29. The van der Waals surface area contributed by atoms with Crippen LogP contribution in [-0.2, 0) is 6.61 Å². The third kappa shape index (κ3) is 2.95. The maximum absolute atomic E-state index is 9.08. The Bertz CT molecular complexity index is 319. The molecule has 1 fully saturated rings. The summed E-state index contributed by atoms with van der Waals surface area (Å²) in [4.78, 5) is 6.53. The number of aliphatic hydroxyl groups is 1. The molecule has 1 saturated heterocycles. The van der Waals surface area contributed by atoms with Crippen molar-refractivity contribution in [1.82, 2.24) is 4.98 Å². The lowest BCUT2D eigenvalue weighted by molar-refractivity contribution is 0.277. The maximum atomic E-state index is 9.08. The Labute approximate surface area is 97.1 Å². The van der Waals surface area contributed by atoms with E-state index in [4.69, 9.17) is 5.11 Å². The monoisotopic (exact) mass is 220 g/mol. The molecule has 3 heteroatoms. The summed E-state index contributed by atoms with van der Waals surface area (Å²) in [5.41, 5.74) is 1.97. The van der Waals surface area contributed by atoms with Crippen LogP contribution in [0, 0.1) is 0 Å². The zero-order valence-corrected chi connectivity index (χ0v) is 9.73. The molecule has 0 aromatic carbocycles. The number of aromatic nitrogens is 1. The largest absolute Gasteiger partial charge is 0.390 e. The highest BCUT2D eigenvalue weighted by molar-refractivity contribution is 5.46. The van der Waals surface area contributed by atoms with E-state index in [1.165, 1.54) is 37.8 Å². The lowest BCUT2D eigenvalue weighted by Gasteiger charge is -2.27. The molecule has 2 rings (SSSR count). The van der Waals surface area contributed by atoms with Gasteiger partial charge in [0.1, 0.15) is 0 Å². The first-order chi connectivity index (χ1) is 7.90. The van der Waals surface area contributed by atoms with Crippen LogP contribution in [0.25, 0.3) is 0 Å². The van der Waals surface area contributed by atoms with Crippen molar-refractivity contribution in [1.29, 1.82) is 0 Å². The normalized spacial score (nSPS) is 17.9. The minimum Gasteiger partial charge on any atom is -0.390 e. The van der Waals surface area contributed by atoms with E-state index < -0.39 is 0 Å². The minimum atomic E-state index is 0.0294. The molecule has 0 radical (unpaired) electrons. The van der Waals surface area contributed by atoms with Crippen molar-refractivity contribution >= 4 is 5.69 Å². The van der Waals surface area contributed by atoms with Crippen molar-refractivity contribution in [2.45, 2.75) is 38.7 Å². The fraction of sp³-hybridized carbons (Fsp3) is 0.615. The number of rotatable bonds is 2. The molecule has 0 atom stereocenters. The Kier molecular flexibility index (Phi) is 4.17. The van der Waals surface area contributed by atoms with E-state index in [0.29, 0.717) is 0 Å². The molecule has 0 spiro atoms. The summed E-state index contributed by atoms with van der Waals surface area (Å²) in [5.74, 6) is 0. The Morgan fingerprint density at radius 3 is 2.50 bits per heavy atom. The zero-order valence-electron chi connectivity index (χ0n) is 9.73. The van der Waals surface area contributed by atoms with Gasteiger partial charge >= 0.3 is 0 Å². The van der Waals surface area contributed by atoms with Crippen LogP contribution >= 0.6 is 0 Å².